The molecule has 0 amide bonds. The van der Waals surface area contributed by atoms with Gasteiger partial charge in [0.2, 0.25) is 0 Å². The van der Waals surface area contributed by atoms with Crippen LogP contribution in [-0.4, -0.2) is 25.5 Å². The number of anilines is 1. The minimum absolute atomic E-state index is 0.169. The fraction of sp³-hybridized carbons (Fsp3) is 0.240. The smallest absolute Gasteiger partial charge is 0.164 e. The number of nitrogens with zero attached hydrogens (tertiary/aromatic N) is 4. The normalized spacial score (nSPS) is 15.0. The first-order chi connectivity index (χ1) is 16.5. The Morgan fingerprint density at radius 3 is 2.71 bits per heavy atom. The molecule has 0 radical (unpaired) electrons. The first-order valence-electron chi connectivity index (χ1n) is 11.0. The summed E-state index contributed by atoms with van der Waals surface area (Å²) in [6.45, 7) is 5.53. The quantitative estimate of drug-likeness (QED) is 0.271. The first kappa shape index (κ1) is 22.9. The van der Waals surface area contributed by atoms with E-state index in [1.54, 1.807) is 12.1 Å². The van der Waals surface area contributed by atoms with Crippen molar-refractivity contribution in [1.82, 2.24) is 14.5 Å². The Morgan fingerprint density at radius 2 is 2.00 bits per heavy atom. The number of hydrogen-bond acceptors (Lipinski definition) is 4. The van der Waals surface area contributed by atoms with Crippen molar-refractivity contribution in [2.75, 3.05) is 4.72 Å². The number of hydrogen-bond donors (Lipinski definition) is 1. The van der Waals surface area contributed by atoms with Gasteiger partial charge < -0.3 is 4.57 Å². The van der Waals surface area contributed by atoms with Gasteiger partial charge in [0.1, 0.15) is 17.8 Å². The number of nitrogens with one attached hydrogen (secondary N) is 1. The average molecular weight is 540 g/mol. The Labute approximate surface area is 208 Å². The van der Waals surface area contributed by atoms with E-state index in [1.165, 1.54) is 25.2 Å². The van der Waals surface area contributed by atoms with Crippen molar-refractivity contribution in [2.24, 2.45) is 4.99 Å². The van der Waals surface area contributed by atoms with E-state index in [-0.39, 0.29) is 5.69 Å². The Kier molecular flexibility index (Phi) is 6.31. The Hall–Kier alpha value is -2.91. The molecule has 9 heteroatoms. The van der Waals surface area contributed by atoms with Gasteiger partial charge in [-0.1, -0.05) is 34.8 Å². The molecule has 1 aliphatic carbocycles. The minimum Gasteiger partial charge on any atom is -0.329 e. The molecule has 1 unspecified atom stereocenters. The molecular weight excluding hydrogens is 517 g/mol. The maximum atomic E-state index is 15.2. The molecule has 6 nitrogen and oxygen atoms in total. The van der Waals surface area contributed by atoms with Gasteiger partial charge in [-0.2, -0.15) is 0 Å². The monoisotopic (exact) mass is 539 g/mol. The average Bonchev–Trinajstić information content (AvgIpc) is 3.48. The van der Waals surface area contributed by atoms with Crippen LogP contribution in [0.1, 0.15) is 37.3 Å². The predicted molar refractivity (Wildman–Crippen MR) is 139 cm³/mol. The van der Waals surface area contributed by atoms with E-state index in [1.807, 2.05) is 31.3 Å². The molecule has 1 atom stereocenters. The summed E-state index contributed by atoms with van der Waals surface area (Å²) in [7, 11) is -1.60. The highest BCUT2D eigenvalue weighted by atomic mass is 79.9. The lowest BCUT2D eigenvalue weighted by Crippen LogP contribution is -2.07. The summed E-state index contributed by atoms with van der Waals surface area (Å²) in [5.41, 5.74) is 3.28. The highest BCUT2D eigenvalue weighted by Crippen LogP contribution is 2.40. The van der Waals surface area contributed by atoms with E-state index in [0.29, 0.717) is 22.3 Å². The molecule has 0 bridgehead atoms. The van der Waals surface area contributed by atoms with Gasteiger partial charge in [0.25, 0.3) is 0 Å². The molecule has 1 aliphatic rings. The van der Waals surface area contributed by atoms with Gasteiger partial charge >= 0.3 is 0 Å². The van der Waals surface area contributed by atoms with E-state index in [9.17, 15) is 4.21 Å². The van der Waals surface area contributed by atoms with Crippen molar-refractivity contribution in [3.8, 4) is 11.1 Å². The molecule has 0 spiro atoms. The molecule has 4 aromatic rings. The minimum atomic E-state index is -1.60. The number of aromatic nitrogens is 3. The molecule has 0 saturated heterocycles. The number of benzene rings is 2. The van der Waals surface area contributed by atoms with Crippen molar-refractivity contribution in [1.29, 1.82) is 0 Å². The van der Waals surface area contributed by atoms with Crippen LogP contribution < -0.4 is 4.72 Å². The third-order valence-electron chi connectivity index (χ3n) is 6.28. The van der Waals surface area contributed by atoms with E-state index in [4.69, 9.17) is 0 Å². The summed E-state index contributed by atoms with van der Waals surface area (Å²) in [6, 6.07) is 10.7. The number of rotatable bonds is 6. The van der Waals surface area contributed by atoms with Crippen molar-refractivity contribution in [3.05, 3.63) is 64.8 Å². The molecule has 174 valence electrons. The molecule has 5 rings (SSSR count). The molecule has 0 aliphatic heterocycles. The van der Waals surface area contributed by atoms with Crippen LogP contribution in [0.4, 0.5) is 15.9 Å². The molecule has 34 heavy (non-hydrogen) atoms. The van der Waals surface area contributed by atoms with Crippen LogP contribution in [0.5, 0.6) is 0 Å². The zero-order valence-corrected chi connectivity index (χ0v) is 21.0. The zero-order chi connectivity index (χ0) is 23.8. The molecule has 2 aromatic carbocycles. The second-order valence-electron chi connectivity index (χ2n) is 8.42. The van der Waals surface area contributed by atoms with E-state index >= 15 is 4.39 Å². The lowest BCUT2D eigenvalue weighted by molar-refractivity contribution is 0.532. The van der Waals surface area contributed by atoms with Crippen LogP contribution >= 0.6 is 15.9 Å². The maximum Gasteiger partial charge on any atom is 0.164 e. The van der Waals surface area contributed by atoms with Crippen LogP contribution in [0, 0.1) is 12.7 Å². The number of fused-ring (bicyclic) bond motifs is 1. The van der Waals surface area contributed by atoms with Crippen molar-refractivity contribution in [3.63, 3.8) is 0 Å². The van der Waals surface area contributed by atoms with E-state index in [0.717, 1.165) is 39.5 Å². The topological polar surface area (TPSA) is 72.2 Å². The summed E-state index contributed by atoms with van der Waals surface area (Å²) >= 11 is 3.40. The fourth-order valence-corrected chi connectivity index (χ4v) is 6.10. The molecule has 2 heterocycles. The number of aliphatic imine (C=N–C) groups is 1. The second-order valence-corrected chi connectivity index (χ2v) is 10.5. The maximum absolute atomic E-state index is 15.2. The van der Waals surface area contributed by atoms with Gasteiger partial charge in [-0.15, -0.1) is 0 Å². The largest absolute Gasteiger partial charge is 0.329 e. The van der Waals surface area contributed by atoms with Gasteiger partial charge in [0.05, 0.1) is 16.0 Å². The van der Waals surface area contributed by atoms with E-state index < -0.39 is 16.8 Å². The van der Waals surface area contributed by atoms with Gasteiger partial charge in [0.15, 0.2) is 16.8 Å². The number of aryl methyl sites for hydroxylation is 1. The molecule has 2 aromatic heterocycles. The lowest BCUT2D eigenvalue weighted by Gasteiger charge is -2.12. The van der Waals surface area contributed by atoms with E-state index in [2.05, 4.69) is 46.9 Å². The molecule has 1 fully saturated rings. The molecular formula is C25H23BrFN5OS. The zero-order valence-electron chi connectivity index (χ0n) is 18.6. The molecule has 1 N–H and O–H groups in total. The second kappa shape index (κ2) is 9.38. The molecule has 1 saturated carbocycles. The Balaban J connectivity index is 1.52. The van der Waals surface area contributed by atoms with Gasteiger partial charge in [-0.3, -0.25) is 4.72 Å². The summed E-state index contributed by atoms with van der Waals surface area (Å²) in [4.78, 5) is 13.5. The SMILES string of the molecule is C=Nc1ncnc2c1c(-c1ccc(NS(=O)c3ccc(Br)cc3C)c(F)c1)cn2C1CCCC1. The van der Waals surface area contributed by atoms with Crippen LogP contribution in [0.15, 0.2) is 63.3 Å². The Bertz CT molecular complexity index is 1430. The summed E-state index contributed by atoms with van der Waals surface area (Å²) in [6.07, 6.45) is 8.05. The fourth-order valence-electron chi connectivity index (χ4n) is 4.61. The van der Waals surface area contributed by atoms with Crippen LogP contribution in [0.3, 0.4) is 0 Å². The van der Waals surface area contributed by atoms with Crippen molar-refractivity contribution < 1.29 is 8.60 Å². The predicted octanol–water partition coefficient (Wildman–Crippen LogP) is 6.89. The highest BCUT2D eigenvalue weighted by Gasteiger charge is 2.24. The third kappa shape index (κ3) is 4.18. The van der Waals surface area contributed by atoms with Crippen LogP contribution in [0.25, 0.3) is 22.2 Å². The van der Waals surface area contributed by atoms with Gasteiger partial charge in [0, 0.05) is 22.3 Å². The summed E-state index contributed by atoms with van der Waals surface area (Å²) < 4.78 is 33.9. The van der Waals surface area contributed by atoms with Crippen LogP contribution in [-0.2, 0) is 11.0 Å². The summed E-state index contributed by atoms with van der Waals surface area (Å²) in [5, 5.41) is 0.763. The highest BCUT2D eigenvalue weighted by molar-refractivity contribution is 9.10. The van der Waals surface area contributed by atoms with Crippen molar-refractivity contribution >= 4 is 56.2 Å². The number of halogens is 2. The lowest BCUT2D eigenvalue weighted by atomic mass is 10.1. The first-order valence-corrected chi connectivity index (χ1v) is 13.0. The standard InChI is InChI=1S/C25H23BrFN5OS/c1-15-11-17(26)8-10-22(15)34(33)31-21-9-7-16(12-20(21)27)19-13-32(18-5-3-4-6-18)25-23(19)24(28-2)29-14-30-25/h7-14,18,31H,2-6H2,1H3. The van der Waals surface area contributed by atoms with Crippen LogP contribution in [0.2, 0.25) is 0 Å². The van der Waals surface area contributed by atoms with Gasteiger partial charge in [-0.05, 0) is 67.9 Å². The van der Waals surface area contributed by atoms with Crippen molar-refractivity contribution in [2.45, 2.75) is 43.5 Å². The van der Waals surface area contributed by atoms with Gasteiger partial charge in [-0.25, -0.2) is 23.6 Å². The third-order valence-corrected chi connectivity index (χ3v) is 8.03. The summed E-state index contributed by atoms with van der Waals surface area (Å²) in [5.74, 6) is -0.0153. The Morgan fingerprint density at radius 1 is 1.21 bits per heavy atom.